The van der Waals surface area contributed by atoms with E-state index in [2.05, 4.69) is 21.8 Å². The molecule has 5 aromatic carbocycles. The molecule has 3 heterocycles. The molecular weight excluding hydrogens is 572 g/mol. The number of nitrogens with zero attached hydrogens (tertiary/aromatic N) is 10. The molecule has 0 aliphatic carbocycles. The summed E-state index contributed by atoms with van der Waals surface area (Å²) in [5, 5.41) is 23.5. The lowest BCUT2D eigenvalue weighted by Gasteiger charge is -2.33. The Morgan fingerprint density at radius 2 is 0.891 bits per heavy atom. The van der Waals surface area contributed by atoms with Crippen LogP contribution in [0.25, 0.3) is 42.3 Å². The quantitative estimate of drug-likeness (QED) is 0.184. The minimum Gasteiger partial charge on any atom is -0.370 e. The summed E-state index contributed by atoms with van der Waals surface area (Å²) in [5.41, 5.74) is 2.53. The standard InChI is InChI=1S/C36H16N10/c1-39-31-32(40-2)44-36-35(43-31)45(27-13-11-21-7-3-5-9-23(21)15-27)33-34(42-30-18-26(20-38)25(19-37)17-29(30)41-33)46(36)28-14-12-22-8-4-6-10-24(22)16-28/h3-18H. The molecule has 0 saturated carbocycles. The van der Waals surface area contributed by atoms with Crippen molar-refractivity contribution in [3.8, 4) is 12.1 Å². The molecule has 0 saturated heterocycles. The van der Waals surface area contributed by atoms with Gasteiger partial charge in [0, 0.05) is 0 Å². The second-order valence-electron chi connectivity index (χ2n) is 10.5. The molecule has 0 atom stereocenters. The number of rotatable bonds is 2. The van der Waals surface area contributed by atoms with Crippen molar-refractivity contribution in [3.63, 3.8) is 0 Å². The summed E-state index contributed by atoms with van der Waals surface area (Å²) >= 11 is 0. The van der Waals surface area contributed by atoms with Crippen LogP contribution in [0, 0.1) is 35.8 Å². The number of hydrogen-bond acceptors (Lipinski definition) is 8. The lowest BCUT2D eigenvalue weighted by molar-refractivity contribution is 1.02. The summed E-state index contributed by atoms with van der Waals surface area (Å²) in [6.45, 7) is 15.6. The first-order chi connectivity index (χ1) is 22.6. The van der Waals surface area contributed by atoms with Crippen LogP contribution in [0.4, 0.5) is 46.3 Å². The maximum Gasteiger partial charge on any atom is 0.300 e. The number of anilines is 6. The zero-order valence-electron chi connectivity index (χ0n) is 23.7. The Kier molecular flexibility index (Phi) is 5.77. The fraction of sp³-hybridized carbons (Fsp3) is 0. The van der Waals surface area contributed by atoms with Gasteiger partial charge in [0.05, 0.1) is 33.5 Å². The van der Waals surface area contributed by atoms with Crippen molar-refractivity contribution in [1.82, 2.24) is 19.9 Å². The smallest absolute Gasteiger partial charge is 0.300 e. The van der Waals surface area contributed by atoms with Crippen molar-refractivity contribution >= 4 is 78.9 Å². The molecule has 0 bridgehead atoms. The van der Waals surface area contributed by atoms with Crippen molar-refractivity contribution in [3.05, 3.63) is 131 Å². The molecule has 10 heteroatoms. The lowest BCUT2D eigenvalue weighted by Crippen LogP contribution is -2.28. The van der Waals surface area contributed by atoms with Gasteiger partial charge in [-0.2, -0.15) is 10.5 Å². The third-order valence-corrected chi connectivity index (χ3v) is 7.87. The van der Waals surface area contributed by atoms with E-state index in [1.807, 2.05) is 84.9 Å². The zero-order chi connectivity index (χ0) is 31.4. The normalized spacial score (nSPS) is 11.7. The van der Waals surface area contributed by atoms with Crippen molar-refractivity contribution < 1.29 is 0 Å². The number of aromatic nitrogens is 4. The van der Waals surface area contributed by atoms with E-state index in [4.69, 9.17) is 33.1 Å². The highest BCUT2D eigenvalue weighted by Gasteiger charge is 2.41. The zero-order valence-corrected chi connectivity index (χ0v) is 23.7. The van der Waals surface area contributed by atoms with E-state index in [0.717, 1.165) is 21.5 Å². The minimum atomic E-state index is -0.138. The number of hydrogen-bond donors (Lipinski definition) is 0. The topological polar surface area (TPSA) is 114 Å². The summed E-state index contributed by atoms with van der Waals surface area (Å²) in [6.07, 6.45) is 0. The molecule has 0 radical (unpaired) electrons. The first-order valence-corrected chi connectivity index (χ1v) is 14.0. The summed E-state index contributed by atoms with van der Waals surface area (Å²) < 4.78 is 0. The van der Waals surface area contributed by atoms with E-state index in [9.17, 15) is 10.5 Å². The summed E-state index contributed by atoms with van der Waals surface area (Å²) in [6, 6.07) is 34.9. The third kappa shape index (κ3) is 3.93. The van der Waals surface area contributed by atoms with Gasteiger partial charge in [0.25, 0.3) is 11.6 Å². The van der Waals surface area contributed by atoms with Crippen LogP contribution in [0.5, 0.6) is 0 Å². The molecule has 1 aliphatic rings. The SMILES string of the molecule is [C-]#[N+]c1nc2c(nc1[N+]#[C-])N(c1ccc3ccccc3c1)c1nc3cc(C#N)c(C#N)cc3nc1N2c1ccc2ccccc2c1. The predicted molar refractivity (Wildman–Crippen MR) is 175 cm³/mol. The average Bonchev–Trinajstić information content (AvgIpc) is 3.11. The van der Waals surface area contributed by atoms with Gasteiger partial charge in [0.1, 0.15) is 12.1 Å². The fourth-order valence-electron chi connectivity index (χ4n) is 5.74. The molecule has 1 aliphatic heterocycles. The van der Waals surface area contributed by atoms with Gasteiger partial charge in [0.2, 0.25) is 0 Å². The van der Waals surface area contributed by atoms with Crippen LogP contribution < -0.4 is 9.80 Å². The molecule has 2 aromatic heterocycles. The molecule has 0 N–H and O–H groups in total. The second-order valence-corrected chi connectivity index (χ2v) is 10.5. The van der Waals surface area contributed by atoms with Crippen LogP contribution in [0.2, 0.25) is 0 Å². The molecule has 10 nitrogen and oxygen atoms in total. The molecule has 0 spiro atoms. The van der Waals surface area contributed by atoms with Crippen LogP contribution in [0.3, 0.4) is 0 Å². The highest BCUT2D eigenvalue weighted by Crippen LogP contribution is 2.53. The molecule has 0 fully saturated rings. The van der Waals surface area contributed by atoms with Crippen LogP contribution in [-0.2, 0) is 0 Å². The molecular formula is C36H16N10. The highest BCUT2D eigenvalue weighted by atomic mass is 15.4. The van der Waals surface area contributed by atoms with E-state index in [-0.39, 0.29) is 34.4 Å². The van der Waals surface area contributed by atoms with E-state index in [1.54, 1.807) is 21.9 Å². The van der Waals surface area contributed by atoms with Gasteiger partial charge in [-0.3, -0.25) is 9.80 Å². The first-order valence-electron chi connectivity index (χ1n) is 14.0. The van der Waals surface area contributed by atoms with Crippen molar-refractivity contribution in [2.45, 2.75) is 0 Å². The minimum absolute atomic E-state index is 0.138. The fourth-order valence-corrected chi connectivity index (χ4v) is 5.74. The van der Waals surface area contributed by atoms with E-state index in [1.165, 1.54) is 0 Å². The lowest BCUT2D eigenvalue weighted by atomic mass is 10.1. The molecule has 8 rings (SSSR count). The van der Waals surface area contributed by atoms with Gasteiger partial charge in [0.15, 0.2) is 11.6 Å². The number of fused-ring (bicyclic) bond motifs is 5. The Morgan fingerprint density at radius 3 is 1.28 bits per heavy atom. The molecule has 210 valence electrons. The third-order valence-electron chi connectivity index (χ3n) is 7.87. The Labute approximate surface area is 261 Å². The second kappa shape index (κ2) is 10.1. The number of nitriles is 2. The van der Waals surface area contributed by atoms with Crippen molar-refractivity contribution in [2.24, 2.45) is 0 Å². The van der Waals surface area contributed by atoms with Gasteiger partial charge >= 0.3 is 11.6 Å². The van der Waals surface area contributed by atoms with E-state index >= 15 is 0 Å². The molecule has 46 heavy (non-hydrogen) atoms. The highest BCUT2D eigenvalue weighted by molar-refractivity contribution is 6.02. The molecule has 0 amide bonds. The van der Waals surface area contributed by atoms with Gasteiger partial charge in [-0.05, 0) is 57.9 Å². The predicted octanol–water partition coefficient (Wildman–Crippen LogP) is 8.82. The van der Waals surface area contributed by atoms with Crippen LogP contribution >= 0.6 is 0 Å². The Bertz CT molecular complexity index is 2440. The molecule has 7 aromatic rings. The van der Waals surface area contributed by atoms with Crippen LogP contribution in [0.1, 0.15) is 11.1 Å². The largest absolute Gasteiger partial charge is 0.370 e. The number of benzene rings is 5. The van der Waals surface area contributed by atoms with Crippen LogP contribution in [0.15, 0.2) is 97.1 Å². The van der Waals surface area contributed by atoms with Gasteiger partial charge in [-0.1, -0.05) is 73.8 Å². The van der Waals surface area contributed by atoms with Gasteiger partial charge in [-0.25, -0.2) is 9.97 Å². The van der Waals surface area contributed by atoms with Gasteiger partial charge < -0.3 is 9.69 Å². The van der Waals surface area contributed by atoms with E-state index in [0.29, 0.717) is 34.0 Å². The Morgan fingerprint density at radius 1 is 0.500 bits per heavy atom. The Balaban J connectivity index is 1.50. The average molecular weight is 589 g/mol. The maximum absolute atomic E-state index is 9.75. The summed E-state index contributed by atoms with van der Waals surface area (Å²) in [5.74, 6) is 1.05. The maximum atomic E-state index is 9.75. The summed E-state index contributed by atoms with van der Waals surface area (Å²) in [7, 11) is 0. The summed E-state index contributed by atoms with van der Waals surface area (Å²) in [4.78, 5) is 30.1. The molecule has 0 unspecified atom stereocenters. The van der Waals surface area contributed by atoms with Crippen molar-refractivity contribution in [1.29, 1.82) is 10.5 Å². The monoisotopic (exact) mass is 588 g/mol. The van der Waals surface area contributed by atoms with Crippen molar-refractivity contribution in [2.75, 3.05) is 9.80 Å². The Hall–Kier alpha value is -7.40. The first kappa shape index (κ1) is 26.2. The van der Waals surface area contributed by atoms with Gasteiger partial charge in [-0.15, -0.1) is 9.97 Å². The van der Waals surface area contributed by atoms with E-state index < -0.39 is 0 Å². The van der Waals surface area contributed by atoms with Crippen LogP contribution in [-0.4, -0.2) is 19.9 Å².